The van der Waals surface area contributed by atoms with Gasteiger partial charge in [-0.25, -0.2) is 4.79 Å². The van der Waals surface area contributed by atoms with Gasteiger partial charge in [0, 0.05) is 22.5 Å². The third kappa shape index (κ3) is 2.21. The number of anilines is 1. The van der Waals surface area contributed by atoms with E-state index in [1.165, 1.54) is 0 Å². The standard InChI is InChI=1S/C19H14N2O2/c22-14-10-11-16-15-8-4-5-9-17(15)21(18(16)12-14)19(23)20-13-6-2-1-3-7-13/h1-12,22H,(H,20,23). The van der Waals surface area contributed by atoms with Crippen molar-refractivity contribution >= 4 is 33.5 Å². The van der Waals surface area contributed by atoms with Gasteiger partial charge in [0.05, 0.1) is 11.0 Å². The maximum absolute atomic E-state index is 12.8. The molecular weight excluding hydrogens is 288 g/mol. The van der Waals surface area contributed by atoms with Crippen molar-refractivity contribution in [1.82, 2.24) is 4.57 Å². The van der Waals surface area contributed by atoms with Gasteiger partial charge >= 0.3 is 6.03 Å². The summed E-state index contributed by atoms with van der Waals surface area (Å²) in [6.45, 7) is 0. The van der Waals surface area contributed by atoms with Gasteiger partial charge in [-0.2, -0.15) is 0 Å². The molecule has 0 radical (unpaired) electrons. The van der Waals surface area contributed by atoms with Crippen molar-refractivity contribution in [3.8, 4) is 5.75 Å². The Balaban J connectivity index is 1.93. The van der Waals surface area contributed by atoms with Gasteiger partial charge in [0.2, 0.25) is 0 Å². The van der Waals surface area contributed by atoms with Gasteiger partial charge in [-0.3, -0.25) is 4.57 Å². The van der Waals surface area contributed by atoms with Crippen molar-refractivity contribution in [2.24, 2.45) is 0 Å². The second kappa shape index (κ2) is 5.18. The van der Waals surface area contributed by atoms with Crippen LogP contribution in [-0.4, -0.2) is 15.7 Å². The summed E-state index contributed by atoms with van der Waals surface area (Å²) in [6.07, 6.45) is 0. The highest BCUT2D eigenvalue weighted by Gasteiger charge is 2.16. The Kier molecular flexibility index (Phi) is 3.01. The zero-order chi connectivity index (χ0) is 15.8. The quantitative estimate of drug-likeness (QED) is 0.540. The number of hydrogen-bond acceptors (Lipinski definition) is 2. The van der Waals surface area contributed by atoms with Crippen molar-refractivity contribution in [3.05, 3.63) is 72.8 Å². The summed E-state index contributed by atoms with van der Waals surface area (Å²) in [5, 5.41) is 14.6. The van der Waals surface area contributed by atoms with Gasteiger partial charge < -0.3 is 10.4 Å². The smallest absolute Gasteiger partial charge is 0.330 e. The Labute approximate surface area is 132 Å². The number of nitrogens with one attached hydrogen (secondary N) is 1. The van der Waals surface area contributed by atoms with E-state index in [2.05, 4.69) is 5.32 Å². The van der Waals surface area contributed by atoms with Crippen LogP contribution in [0.1, 0.15) is 0 Å². The van der Waals surface area contributed by atoms with Crippen LogP contribution in [0.4, 0.5) is 10.5 Å². The number of carbonyl (C=O) groups excluding carboxylic acids is 1. The molecule has 112 valence electrons. The minimum absolute atomic E-state index is 0.133. The predicted molar refractivity (Wildman–Crippen MR) is 92.0 cm³/mol. The van der Waals surface area contributed by atoms with E-state index in [9.17, 15) is 9.90 Å². The lowest BCUT2D eigenvalue weighted by molar-refractivity contribution is 0.255. The Bertz CT molecular complexity index is 1020. The molecule has 2 N–H and O–H groups in total. The average Bonchev–Trinajstić information content (AvgIpc) is 2.89. The maximum Gasteiger partial charge on any atom is 0.330 e. The van der Waals surface area contributed by atoms with Gasteiger partial charge in [0.15, 0.2) is 0 Å². The van der Waals surface area contributed by atoms with Gasteiger partial charge in [0.25, 0.3) is 0 Å². The first-order valence-corrected chi connectivity index (χ1v) is 7.32. The number of benzene rings is 3. The first-order chi connectivity index (χ1) is 11.2. The lowest BCUT2D eigenvalue weighted by Crippen LogP contribution is -2.18. The Morgan fingerprint density at radius 3 is 2.35 bits per heavy atom. The van der Waals surface area contributed by atoms with E-state index in [-0.39, 0.29) is 11.8 Å². The summed E-state index contributed by atoms with van der Waals surface area (Å²) >= 11 is 0. The van der Waals surface area contributed by atoms with E-state index in [1.807, 2.05) is 60.7 Å². The Morgan fingerprint density at radius 2 is 1.52 bits per heavy atom. The number of aromatic nitrogens is 1. The number of nitrogens with zero attached hydrogens (tertiary/aromatic N) is 1. The molecule has 0 unspecified atom stereocenters. The van der Waals surface area contributed by atoms with Crippen LogP contribution in [0.25, 0.3) is 21.8 Å². The molecule has 23 heavy (non-hydrogen) atoms. The van der Waals surface area contributed by atoms with Crippen LogP contribution >= 0.6 is 0 Å². The second-order valence-corrected chi connectivity index (χ2v) is 5.35. The molecule has 3 aromatic carbocycles. The summed E-state index contributed by atoms with van der Waals surface area (Å²) in [5.74, 6) is 0.133. The third-order valence-corrected chi connectivity index (χ3v) is 3.89. The highest BCUT2D eigenvalue weighted by molar-refractivity contribution is 6.15. The van der Waals surface area contributed by atoms with Crippen molar-refractivity contribution in [3.63, 3.8) is 0 Å². The van der Waals surface area contributed by atoms with E-state index >= 15 is 0 Å². The molecule has 4 heteroatoms. The van der Waals surface area contributed by atoms with E-state index in [4.69, 9.17) is 0 Å². The average molecular weight is 302 g/mol. The number of fused-ring (bicyclic) bond motifs is 3. The molecule has 1 aromatic heterocycles. The molecule has 1 heterocycles. The molecule has 0 bridgehead atoms. The lowest BCUT2D eigenvalue weighted by Gasteiger charge is -2.08. The van der Waals surface area contributed by atoms with Crippen LogP contribution in [0.2, 0.25) is 0 Å². The van der Waals surface area contributed by atoms with Crippen molar-refractivity contribution in [2.45, 2.75) is 0 Å². The second-order valence-electron chi connectivity index (χ2n) is 5.35. The molecule has 0 saturated heterocycles. The summed E-state index contributed by atoms with van der Waals surface area (Å²) in [4.78, 5) is 12.8. The molecule has 0 aliphatic carbocycles. The van der Waals surface area contributed by atoms with Crippen LogP contribution in [-0.2, 0) is 0 Å². The molecule has 1 amide bonds. The fraction of sp³-hybridized carbons (Fsp3) is 0. The van der Waals surface area contributed by atoms with Crippen LogP contribution in [0, 0.1) is 0 Å². The summed E-state index contributed by atoms with van der Waals surface area (Å²) in [7, 11) is 0. The first-order valence-electron chi connectivity index (χ1n) is 7.32. The number of phenols is 1. The highest BCUT2D eigenvalue weighted by Crippen LogP contribution is 2.31. The number of para-hydroxylation sites is 2. The minimum atomic E-state index is -0.256. The normalized spacial score (nSPS) is 11.0. The van der Waals surface area contributed by atoms with Crippen molar-refractivity contribution in [2.75, 3.05) is 5.32 Å². The van der Waals surface area contributed by atoms with Crippen LogP contribution in [0.15, 0.2) is 72.8 Å². The molecule has 0 saturated carbocycles. The molecule has 4 rings (SSSR count). The number of aromatic hydroxyl groups is 1. The van der Waals surface area contributed by atoms with Crippen LogP contribution < -0.4 is 5.32 Å². The third-order valence-electron chi connectivity index (χ3n) is 3.89. The molecule has 0 aliphatic rings. The SMILES string of the molecule is O=C(Nc1ccccc1)n1c2ccccc2c2ccc(O)cc21. The topological polar surface area (TPSA) is 54.3 Å². The van der Waals surface area contributed by atoms with E-state index in [1.54, 1.807) is 16.7 Å². The number of rotatable bonds is 1. The number of carbonyl (C=O) groups is 1. The Hall–Kier alpha value is -3.27. The molecule has 0 atom stereocenters. The molecule has 0 aliphatic heterocycles. The van der Waals surface area contributed by atoms with Gasteiger partial charge in [-0.05, 0) is 30.3 Å². The molecule has 4 aromatic rings. The highest BCUT2D eigenvalue weighted by atomic mass is 16.3. The van der Waals surface area contributed by atoms with Gasteiger partial charge in [-0.15, -0.1) is 0 Å². The summed E-state index contributed by atoms with van der Waals surface area (Å²) in [5.41, 5.74) is 2.21. The fourth-order valence-electron chi connectivity index (χ4n) is 2.88. The van der Waals surface area contributed by atoms with Crippen LogP contribution in [0.3, 0.4) is 0 Å². The molecule has 0 spiro atoms. The molecule has 0 fully saturated rings. The van der Waals surface area contributed by atoms with Gasteiger partial charge in [-0.1, -0.05) is 36.4 Å². The lowest BCUT2D eigenvalue weighted by atomic mass is 10.1. The Morgan fingerprint density at radius 1 is 0.826 bits per heavy atom. The van der Waals surface area contributed by atoms with E-state index in [0.717, 1.165) is 22.0 Å². The zero-order valence-corrected chi connectivity index (χ0v) is 12.2. The maximum atomic E-state index is 12.8. The van der Waals surface area contributed by atoms with Crippen LogP contribution in [0.5, 0.6) is 5.75 Å². The zero-order valence-electron chi connectivity index (χ0n) is 12.2. The summed E-state index contributed by atoms with van der Waals surface area (Å²) < 4.78 is 1.59. The van der Waals surface area contributed by atoms with Gasteiger partial charge in [0.1, 0.15) is 5.75 Å². The van der Waals surface area contributed by atoms with E-state index < -0.39 is 0 Å². The fourth-order valence-corrected chi connectivity index (χ4v) is 2.88. The molecular formula is C19H14N2O2. The number of phenolic OH excluding ortho intramolecular Hbond substituents is 1. The van der Waals surface area contributed by atoms with E-state index in [0.29, 0.717) is 5.52 Å². The monoisotopic (exact) mass is 302 g/mol. The first kappa shape index (κ1) is 13.4. The number of hydrogen-bond donors (Lipinski definition) is 2. The predicted octanol–water partition coefficient (Wildman–Crippen LogP) is 4.58. The van der Waals surface area contributed by atoms with Crippen molar-refractivity contribution in [1.29, 1.82) is 0 Å². The largest absolute Gasteiger partial charge is 0.508 e. The summed E-state index contributed by atoms with van der Waals surface area (Å²) in [6, 6.07) is 21.8. The molecule has 4 nitrogen and oxygen atoms in total. The van der Waals surface area contributed by atoms with Crippen molar-refractivity contribution < 1.29 is 9.90 Å². The minimum Gasteiger partial charge on any atom is -0.508 e. The number of amides is 1.